The topological polar surface area (TPSA) is 71.1 Å². The van der Waals surface area contributed by atoms with Crippen molar-refractivity contribution in [2.24, 2.45) is 0 Å². The van der Waals surface area contributed by atoms with Gasteiger partial charge in [-0.3, -0.25) is 0 Å². The summed E-state index contributed by atoms with van der Waals surface area (Å²) in [4.78, 5) is 2.49. The zero-order chi connectivity index (χ0) is 49.0. The van der Waals surface area contributed by atoms with Gasteiger partial charge in [0.05, 0.1) is 39.4 Å². The van der Waals surface area contributed by atoms with E-state index in [1.54, 1.807) is 7.11 Å². The fourth-order valence-corrected chi connectivity index (χ4v) is 11.8. The normalized spacial score (nSPS) is 16.3. The first-order chi connectivity index (χ1) is 33.4. The number of fused-ring (bicyclic) bond motifs is 2. The number of anilines is 1. The number of hydrogen-bond acceptors (Lipinski definition) is 7. The van der Waals surface area contributed by atoms with Crippen LogP contribution in [0.1, 0.15) is 109 Å². The summed E-state index contributed by atoms with van der Waals surface area (Å²) in [7, 11) is 0.418. The van der Waals surface area contributed by atoms with Crippen molar-refractivity contribution >= 4 is 19.8 Å². The molecule has 0 saturated carbocycles. The van der Waals surface area contributed by atoms with Crippen LogP contribution < -0.4 is 14.2 Å². The van der Waals surface area contributed by atoms with Crippen molar-refractivity contribution in [1.29, 1.82) is 5.26 Å². The highest BCUT2D eigenvalue weighted by Gasteiger charge is 2.44. The Hall–Kier alpha value is -5.65. The molecule has 0 bridgehead atoms. The summed E-state index contributed by atoms with van der Waals surface area (Å²) < 4.78 is 30.2. The van der Waals surface area contributed by atoms with Crippen LogP contribution in [-0.4, -0.2) is 50.2 Å². The smallest absolute Gasteiger partial charge is 0.259 e. The zero-order valence-corrected chi connectivity index (χ0v) is 43.2. The van der Waals surface area contributed by atoms with Crippen LogP contribution in [0.25, 0.3) is 5.57 Å². The summed E-state index contributed by atoms with van der Waals surface area (Å²) in [5, 5.41) is 9.17. The van der Waals surface area contributed by atoms with Crippen molar-refractivity contribution in [3.8, 4) is 11.8 Å². The van der Waals surface area contributed by atoms with Crippen LogP contribution in [-0.2, 0) is 30.3 Å². The molecule has 0 aliphatic carbocycles. The maximum absolute atomic E-state index is 9.17. The van der Waals surface area contributed by atoms with Gasteiger partial charge < -0.3 is 23.4 Å². The molecule has 9 heteroatoms. The monoisotopic (exact) mass is 944 g/mol. The van der Waals surface area contributed by atoms with Crippen LogP contribution in [0.2, 0.25) is 0 Å². The molecule has 0 spiro atoms. The van der Waals surface area contributed by atoms with Crippen molar-refractivity contribution in [1.82, 2.24) is 4.67 Å². The Kier molecular flexibility index (Phi) is 17.3. The fourth-order valence-electron chi connectivity index (χ4n) is 10.2. The molecule has 7 rings (SSSR count). The number of nitriles is 1. The second kappa shape index (κ2) is 23.3. The van der Waals surface area contributed by atoms with Crippen LogP contribution in [0, 0.1) is 11.3 Å². The summed E-state index contributed by atoms with van der Waals surface area (Å²) in [6.07, 6.45) is 16.2. The van der Waals surface area contributed by atoms with Gasteiger partial charge >= 0.3 is 0 Å². The van der Waals surface area contributed by atoms with Gasteiger partial charge in [-0.1, -0.05) is 129 Å². The first-order valence-electron chi connectivity index (χ1n) is 24.6. The number of ether oxygens (including phenoxy) is 2. The van der Waals surface area contributed by atoms with Gasteiger partial charge in [-0.15, -0.1) is 0 Å². The van der Waals surface area contributed by atoms with Crippen molar-refractivity contribution in [2.45, 2.75) is 110 Å². The number of nitrogens with zero attached hydrogens (tertiary/aromatic N) is 4. The third kappa shape index (κ3) is 11.2. The molecular formula is C60H72N4O4P+. The molecule has 2 aliphatic heterocycles. The summed E-state index contributed by atoms with van der Waals surface area (Å²) in [6.45, 7) is 20.2. The lowest BCUT2D eigenvalue weighted by Crippen LogP contribution is -2.51. The van der Waals surface area contributed by atoms with Crippen molar-refractivity contribution in [3.63, 3.8) is 0 Å². The van der Waals surface area contributed by atoms with E-state index in [9.17, 15) is 5.26 Å². The number of benzene rings is 4. The molecule has 0 N–H and O–H groups in total. The molecule has 0 amide bonds. The molecule has 2 aliphatic rings. The van der Waals surface area contributed by atoms with Crippen LogP contribution in [0.5, 0.6) is 5.75 Å². The van der Waals surface area contributed by atoms with Gasteiger partial charge in [0.1, 0.15) is 11.4 Å². The van der Waals surface area contributed by atoms with Crippen LogP contribution in [0.3, 0.4) is 0 Å². The molecule has 0 saturated heterocycles. The lowest BCUT2D eigenvalue weighted by molar-refractivity contribution is -0.744. The Bertz CT molecular complexity index is 2580. The number of hydrogen-bond donors (Lipinski definition) is 0. The van der Waals surface area contributed by atoms with E-state index in [1.165, 1.54) is 33.8 Å². The second-order valence-corrected chi connectivity index (χ2v) is 20.8. The highest BCUT2D eigenvalue weighted by molar-refractivity contribution is 7.44. The maximum atomic E-state index is 9.17. The highest BCUT2D eigenvalue weighted by Crippen LogP contribution is 2.49. The van der Waals surface area contributed by atoms with E-state index in [0.717, 1.165) is 48.2 Å². The third-order valence-corrected chi connectivity index (χ3v) is 15.5. The Morgan fingerprint density at radius 1 is 0.725 bits per heavy atom. The molecule has 8 nitrogen and oxygen atoms in total. The van der Waals surface area contributed by atoms with Crippen molar-refractivity contribution in [3.05, 3.63) is 203 Å². The van der Waals surface area contributed by atoms with E-state index >= 15 is 0 Å². The molecule has 0 radical (unpaired) electrons. The number of aromatic nitrogens is 1. The average molecular weight is 944 g/mol. The molecule has 3 heterocycles. The average Bonchev–Trinajstić information content (AvgIpc) is 3.70. The Morgan fingerprint density at radius 3 is 2.00 bits per heavy atom. The van der Waals surface area contributed by atoms with Gasteiger partial charge in [-0.2, -0.15) is 9.83 Å². The summed E-state index contributed by atoms with van der Waals surface area (Å²) in [5.41, 5.74) is 9.68. The minimum Gasteiger partial charge on any atom is -0.497 e. The third-order valence-electron chi connectivity index (χ3n) is 13.4. The minimum atomic E-state index is -1.28. The van der Waals surface area contributed by atoms with Gasteiger partial charge in [0.2, 0.25) is 5.69 Å². The van der Waals surface area contributed by atoms with E-state index < -0.39 is 14.1 Å². The SMILES string of the molecule is COc1ccc(C(OCCCN2/C(=C/C=C/C=C/C3=C(CCCOP(OCCC#N)N(C(C)C)C(C)C)c4cccc[n+]4C3(C)C)C(C)(C)c3ccccc32)(c2ccccc2)c2ccccc2)cc1. The number of allylic oxidation sites excluding steroid dienone is 8. The Balaban J connectivity index is 1.10. The van der Waals surface area contributed by atoms with Gasteiger partial charge in [0.15, 0.2) is 11.7 Å². The minimum absolute atomic E-state index is 0.196. The molecule has 1 aromatic heterocycles. The number of pyridine rings is 1. The van der Waals surface area contributed by atoms with Crippen LogP contribution in [0.4, 0.5) is 5.69 Å². The molecule has 1 atom stereocenters. The Labute approximate surface area is 414 Å². The number of para-hydroxylation sites is 1. The molecule has 360 valence electrons. The first kappa shape index (κ1) is 51.2. The van der Waals surface area contributed by atoms with Gasteiger partial charge in [-0.25, -0.2) is 4.67 Å². The standard InChI is InChI=1S/C60H72N4O4P/c1-46(2)64(47(3)4)69(68-45-24-40-61)67-44-23-30-52-53(59(7,8)63-42-22-21-33-55(52)63)31-17-12-18-35-57-58(5,6)54-32-19-20-34-56(54)62(57)41-25-43-66-60(48-26-13-10-14-27-48,49-28-15-11-16-29-49)50-36-38-51(65-9)39-37-50/h10-22,26-29,31-39,42,46-47H,23-25,30,41,43-45H2,1-9H3/q+1. The zero-order valence-electron chi connectivity index (χ0n) is 42.3. The van der Waals surface area contributed by atoms with E-state index in [0.29, 0.717) is 26.2 Å². The number of methoxy groups -OCH3 is 1. The maximum Gasteiger partial charge on any atom is 0.259 e. The molecule has 4 aromatic carbocycles. The van der Waals surface area contributed by atoms with Crippen LogP contribution in [0.15, 0.2) is 175 Å². The molecule has 1 unspecified atom stereocenters. The second-order valence-electron chi connectivity index (χ2n) is 19.3. The predicted octanol–water partition coefficient (Wildman–Crippen LogP) is 13.8. The van der Waals surface area contributed by atoms with Gasteiger partial charge in [-0.05, 0) is 99.6 Å². The molecule has 69 heavy (non-hydrogen) atoms. The first-order valence-corrected chi connectivity index (χ1v) is 25.8. The number of rotatable bonds is 23. The summed E-state index contributed by atoms with van der Waals surface area (Å²) in [5.74, 6) is 0.810. The molecule has 5 aromatic rings. The summed E-state index contributed by atoms with van der Waals surface area (Å²) in [6, 6.07) is 47.4. The Morgan fingerprint density at radius 2 is 1.35 bits per heavy atom. The largest absolute Gasteiger partial charge is 0.497 e. The lowest BCUT2D eigenvalue weighted by Gasteiger charge is -2.36. The van der Waals surface area contributed by atoms with Gasteiger partial charge in [0.25, 0.3) is 8.53 Å². The van der Waals surface area contributed by atoms with E-state index in [2.05, 4.69) is 227 Å². The lowest BCUT2D eigenvalue weighted by atomic mass is 9.80. The van der Waals surface area contributed by atoms with E-state index in [1.807, 2.05) is 12.1 Å². The van der Waals surface area contributed by atoms with Gasteiger partial charge in [0, 0.05) is 72.6 Å². The van der Waals surface area contributed by atoms with Crippen molar-refractivity contribution < 1.29 is 23.1 Å². The summed E-state index contributed by atoms with van der Waals surface area (Å²) >= 11 is 0. The fraction of sp³-hybridized carbons (Fsp3) is 0.367. The molecule has 0 fully saturated rings. The quantitative estimate of drug-likeness (QED) is 0.0212. The van der Waals surface area contributed by atoms with Crippen LogP contribution >= 0.6 is 8.53 Å². The van der Waals surface area contributed by atoms with E-state index in [4.69, 9.17) is 18.5 Å². The van der Waals surface area contributed by atoms with Crippen molar-refractivity contribution in [2.75, 3.05) is 38.4 Å². The molecular weight excluding hydrogens is 872 g/mol. The predicted molar refractivity (Wildman–Crippen MR) is 283 cm³/mol. The highest BCUT2D eigenvalue weighted by atomic mass is 31.2. The van der Waals surface area contributed by atoms with E-state index in [-0.39, 0.29) is 23.0 Å².